The Labute approximate surface area is 143 Å². The van der Waals surface area contributed by atoms with Crippen LogP contribution >= 0.6 is 15.9 Å². The summed E-state index contributed by atoms with van der Waals surface area (Å²) < 4.78 is 1.03. The fourth-order valence-electron chi connectivity index (χ4n) is 2.50. The Morgan fingerprint density at radius 2 is 1.96 bits per heavy atom. The first-order valence-corrected chi connectivity index (χ1v) is 8.39. The first-order valence-electron chi connectivity index (χ1n) is 7.60. The number of halogens is 1. The van der Waals surface area contributed by atoms with Crippen LogP contribution in [0.2, 0.25) is 0 Å². The average Bonchev–Trinajstić information content (AvgIpc) is 2.96. The molecule has 23 heavy (non-hydrogen) atoms. The maximum atomic E-state index is 12.1. The summed E-state index contributed by atoms with van der Waals surface area (Å²) in [6, 6.07) is 15.8. The molecule has 0 aliphatic rings. The number of aromatic amines is 1. The summed E-state index contributed by atoms with van der Waals surface area (Å²) in [6.07, 6.45) is 1.02. The molecule has 3 rings (SSSR count). The Balaban J connectivity index is 1.55. The molecule has 1 unspecified atom stereocenters. The Kier molecular flexibility index (Phi) is 4.76. The second-order valence-corrected chi connectivity index (χ2v) is 6.46. The fraction of sp³-hybridized carbons (Fsp3) is 0.222. The molecule has 5 heteroatoms. The quantitative estimate of drug-likeness (QED) is 0.707. The molecule has 0 aliphatic heterocycles. The van der Waals surface area contributed by atoms with Crippen LogP contribution in [0.5, 0.6) is 0 Å². The lowest BCUT2D eigenvalue weighted by Gasteiger charge is -2.14. The number of para-hydroxylation sites is 2. The monoisotopic (exact) mass is 371 g/mol. The van der Waals surface area contributed by atoms with Crippen molar-refractivity contribution in [3.05, 3.63) is 64.4 Å². The topological polar surface area (TPSA) is 57.8 Å². The van der Waals surface area contributed by atoms with Crippen LogP contribution in [0.1, 0.15) is 30.8 Å². The van der Waals surface area contributed by atoms with Gasteiger partial charge in [-0.05, 0) is 36.8 Å². The summed E-state index contributed by atoms with van der Waals surface area (Å²) in [6.45, 7) is 1.99. The molecule has 1 amide bonds. The molecule has 0 aliphatic carbocycles. The van der Waals surface area contributed by atoms with Crippen molar-refractivity contribution in [1.29, 1.82) is 0 Å². The van der Waals surface area contributed by atoms with Crippen LogP contribution in [0.25, 0.3) is 11.0 Å². The normalized spacial score (nSPS) is 12.3. The largest absolute Gasteiger partial charge is 0.350 e. The van der Waals surface area contributed by atoms with E-state index in [-0.39, 0.29) is 11.9 Å². The number of nitrogens with zero attached hydrogens (tertiary/aromatic N) is 1. The molecular weight excluding hydrogens is 354 g/mol. The first-order chi connectivity index (χ1) is 11.1. The summed E-state index contributed by atoms with van der Waals surface area (Å²) in [5.41, 5.74) is 3.03. The summed E-state index contributed by atoms with van der Waals surface area (Å²) in [4.78, 5) is 19.9. The number of carbonyl (C=O) groups is 1. The summed E-state index contributed by atoms with van der Waals surface area (Å²) in [5.74, 6) is 0.874. The van der Waals surface area contributed by atoms with E-state index in [0.29, 0.717) is 12.8 Å². The maximum Gasteiger partial charge on any atom is 0.220 e. The van der Waals surface area contributed by atoms with Gasteiger partial charge in [0.05, 0.1) is 17.1 Å². The third-order valence-electron chi connectivity index (χ3n) is 3.77. The van der Waals surface area contributed by atoms with Crippen LogP contribution in [-0.4, -0.2) is 15.9 Å². The highest BCUT2D eigenvalue weighted by atomic mass is 79.9. The van der Waals surface area contributed by atoms with E-state index in [2.05, 4.69) is 31.2 Å². The highest BCUT2D eigenvalue weighted by molar-refractivity contribution is 9.10. The van der Waals surface area contributed by atoms with E-state index in [0.717, 1.165) is 26.9 Å². The van der Waals surface area contributed by atoms with Gasteiger partial charge in [0, 0.05) is 17.3 Å². The molecule has 1 heterocycles. The number of benzene rings is 2. The number of H-pyrrole nitrogens is 1. The number of fused-ring (bicyclic) bond motifs is 1. The predicted molar refractivity (Wildman–Crippen MR) is 95.1 cm³/mol. The van der Waals surface area contributed by atoms with E-state index >= 15 is 0 Å². The van der Waals surface area contributed by atoms with Gasteiger partial charge in [0.15, 0.2) is 0 Å². The van der Waals surface area contributed by atoms with Gasteiger partial charge in [-0.3, -0.25) is 4.79 Å². The van der Waals surface area contributed by atoms with Crippen LogP contribution in [0, 0.1) is 0 Å². The molecule has 118 valence electrons. The number of aryl methyl sites for hydroxylation is 1. The molecule has 0 radical (unpaired) electrons. The zero-order chi connectivity index (χ0) is 16.2. The van der Waals surface area contributed by atoms with E-state index in [9.17, 15) is 4.79 Å². The van der Waals surface area contributed by atoms with Crippen molar-refractivity contribution < 1.29 is 4.79 Å². The van der Waals surface area contributed by atoms with Gasteiger partial charge in [-0.15, -0.1) is 0 Å². The van der Waals surface area contributed by atoms with Crippen LogP contribution in [-0.2, 0) is 11.2 Å². The van der Waals surface area contributed by atoms with E-state index in [4.69, 9.17) is 0 Å². The third kappa shape index (κ3) is 3.99. The van der Waals surface area contributed by atoms with Gasteiger partial charge >= 0.3 is 0 Å². The molecule has 1 aromatic heterocycles. The summed E-state index contributed by atoms with van der Waals surface area (Å²) >= 11 is 3.41. The molecule has 0 saturated carbocycles. The van der Waals surface area contributed by atoms with Gasteiger partial charge in [-0.2, -0.15) is 0 Å². The molecule has 0 bridgehead atoms. The highest BCUT2D eigenvalue weighted by Gasteiger charge is 2.11. The van der Waals surface area contributed by atoms with Crippen molar-refractivity contribution in [3.63, 3.8) is 0 Å². The van der Waals surface area contributed by atoms with Gasteiger partial charge < -0.3 is 10.3 Å². The van der Waals surface area contributed by atoms with Crippen LogP contribution in [0.3, 0.4) is 0 Å². The predicted octanol–water partition coefficient (Wildman–Crippen LogP) is 4.14. The smallest absolute Gasteiger partial charge is 0.220 e. The molecule has 0 spiro atoms. The number of hydrogen-bond acceptors (Lipinski definition) is 2. The Bertz CT molecular complexity index is 778. The second-order valence-electron chi connectivity index (χ2n) is 5.54. The van der Waals surface area contributed by atoms with E-state index in [1.807, 2.05) is 55.5 Å². The molecule has 2 aromatic carbocycles. The van der Waals surface area contributed by atoms with Crippen molar-refractivity contribution >= 4 is 32.9 Å². The third-order valence-corrected chi connectivity index (χ3v) is 4.30. The average molecular weight is 372 g/mol. The number of carbonyl (C=O) groups excluding carboxylic acids is 1. The lowest BCUT2D eigenvalue weighted by Crippen LogP contribution is -2.26. The molecule has 2 N–H and O–H groups in total. The van der Waals surface area contributed by atoms with Gasteiger partial charge in [-0.25, -0.2) is 4.98 Å². The van der Waals surface area contributed by atoms with E-state index in [1.165, 1.54) is 0 Å². The zero-order valence-electron chi connectivity index (χ0n) is 12.8. The Hall–Kier alpha value is -2.14. The molecule has 0 saturated heterocycles. The van der Waals surface area contributed by atoms with Crippen molar-refractivity contribution in [3.8, 4) is 0 Å². The Morgan fingerprint density at radius 1 is 1.22 bits per heavy atom. The first kappa shape index (κ1) is 15.7. The SMILES string of the molecule is CC(NC(=O)CCc1nc2ccccc2[nH]1)c1ccc(Br)cc1. The maximum absolute atomic E-state index is 12.1. The molecule has 1 atom stereocenters. The Morgan fingerprint density at radius 3 is 2.70 bits per heavy atom. The molecule has 3 aromatic rings. The molecule has 4 nitrogen and oxygen atoms in total. The number of nitrogens with one attached hydrogen (secondary N) is 2. The molecule has 0 fully saturated rings. The van der Waals surface area contributed by atoms with E-state index < -0.39 is 0 Å². The van der Waals surface area contributed by atoms with Crippen molar-refractivity contribution in [1.82, 2.24) is 15.3 Å². The van der Waals surface area contributed by atoms with Crippen LogP contribution in [0.4, 0.5) is 0 Å². The highest BCUT2D eigenvalue weighted by Crippen LogP contribution is 2.17. The minimum absolute atomic E-state index is 0.00808. The van der Waals surface area contributed by atoms with Gasteiger partial charge in [0.25, 0.3) is 0 Å². The minimum Gasteiger partial charge on any atom is -0.350 e. The number of aromatic nitrogens is 2. The van der Waals surface area contributed by atoms with Crippen LogP contribution < -0.4 is 5.32 Å². The lowest BCUT2D eigenvalue weighted by atomic mass is 10.1. The number of imidazole rings is 1. The van der Waals surface area contributed by atoms with Gasteiger partial charge in [0.1, 0.15) is 5.82 Å². The van der Waals surface area contributed by atoms with Crippen LogP contribution in [0.15, 0.2) is 53.0 Å². The zero-order valence-corrected chi connectivity index (χ0v) is 14.4. The number of amides is 1. The standard InChI is InChI=1S/C18H18BrN3O/c1-12(13-6-8-14(19)9-7-13)20-18(23)11-10-17-21-15-4-2-3-5-16(15)22-17/h2-9,12H,10-11H2,1H3,(H,20,23)(H,21,22). The van der Waals surface area contributed by atoms with Gasteiger partial charge in [0.2, 0.25) is 5.91 Å². The van der Waals surface area contributed by atoms with Gasteiger partial charge in [-0.1, -0.05) is 40.2 Å². The minimum atomic E-state index is -0.00808. The lowest BCUT2D eigenvalue weighted by molar-refractivity contribution is -0.121. The summed E-state index contributed by atoms with van der Waals surface area (Å²) in [7, 11) is 0. The van der Waals surface area contributed by atoms with Crippen molar-refractivity contribution in [2.75, 3.05) is 0 Å². The van der Waals surface area contributed by atoms with Crippen molar-refractivity contribution in [2.45, 2.75) is 25.8 Å². The second kappa shape index (κ2) is 6.96. The summed E-state index contributed by atoms with van der Waals surface area (Å²) in [5, 5.41) is 3.02. The van der Waals surface area contributed by atoms with Crippen molar-refractivity contribution in [2.24, 2.45) is 0 Å². The van der Waals surface area contributed by atoms with E-state index in [1.54, 1.807) is 0 Å². The fourth-order valence-corrected chi connectivity index (χ4v) is 2.77. The molecular formula is C18H18BrN3O. The number of rotatable bonds is 5. The number of hydrogen-bond donors (Lipinski definition) is 2.